The van der Waals surface area contributed by atoms with E-state index in [4.69, 9.17) is 27.8 Å². The quantitative estimate of drug-likeness (QED) is 0.713. The summed E-state index contributed by atoms with van der Waals surface area (Å²) >= 11 is 5.78. The minimum Gasteiger partial charge on any atom is -0.496 e. The number of anilines is 1. The van der Waals surface area contributed by atoms with E-state index in [2.05, 4.69) is 5.32 Å². The van der Waals surface area contributed by atoms with Crippen LogP contribution in [0.3, 0.4) is 0 Å². The van der Waals surface area contributed by atoms with Gasteiger partial charge in [-0.15, -0.1) is 0 Å². The summed E-state index contributed by atoms with van der Waals surface area (Å²) in [6, 6.07) is 2.60. The standard InChI is InChI=1S/C11H14ClF2N3O2/c1-19-9-3-8(16)7(12)2-6(9)10(18)17-5-11(13,14)4-15/h2-3H,4-5,15-16H2,1H3,(H,17,18). The number of nitrogens with one attached hydrogen (secondary N) is 1. The van der Waals surface area contributed by atoms with Gasteiger partial charge in [0, 0.05) is 6.07 Å². The Balaban J connectivity index is 2.91. The maximum absolute atomic E-state index is 12.9. The Bertz CT molecular complexity index is 483. The van der Waals surface area contributed by atoms with Gasteiger partial charge in [-0.25, -0.2) is 8.78 Å². The van der Waals surface area contributed by atoms with Crippen LogP contribution in [-0.2, 0) is 0 Å². The van der Waals surface area contributed by atoms with Crippen LogP contribution in [0.15, 0.2) is 12.1 Å². The number of halogens is 3. The Kier molecular flexibility index (Phi) is 4.90. The second-order valence-corrected chi connectivity index (χ2v) is 4.22. The van der Waals surface area contributed by atoms with E-state index >= 15 is 0 Å². The molecular formula is C11H14ClF2N3O2. The third-order valence-electron chi connectivity index (χ3n) is 2.37. The minimum atomic E-state index is -3.17. The summed E-state index contributed by atoms with van der Waals surface area (Å²) < 4.78 is 30.8. The van der Waals surface area contributed by atoms with Gasteiger partial charge in [0.15, 0.2) is 0 Å². The van der Waals surface area contributed by atoms with Crippen molar-refractivity contribution < 1.29 is 18.3 Å². The van der Waals surface area contributed by atoms with Gasteiger partial charge in [-0.1, -0.05) is 11.6 Å². The molecule has 19 heavy (non-hydrogen) atoms. The second kappa shape index (κ2) is 6.03. The van der Waals surface area contributed by atoms with Crippen LogP contribution in [0, 0.1) is 0 Å². The molecular weight excluding hydrogens is 280 g/mol. The van der Waals surface area contributed by atoms with E-state index in [-0.39, 0.29) is 22.0 Å². The molecule has 1 aromatic rings. The summed E-state index contributed by atoms with van der Waals surface area (Å²) in [6.45, 7) is -1.72. The number of amides is 1. The second-order valence-electron chi connectivity index (χ2n) is 3.82. The average molecular weight is 294 g/mol. The van der Waals surface area contributed by atoms with Crippen LogP contribution in [0.1, 0.15) is 10.4 Å². The van der Waals surface area contributed by atoms with Crippen molar-refractivity contribution in [1.82, 2.24) is 5.32 Å². The molecule has 0 spiro atoms. The SMILES string of the molecule is COc1cc(N)c(Cl)cc1C(=O)NCC(F)(F)CN. The molecule has 5 nitrogen and oxygen atoms in total. The lowest BCUT2D eigenvalue weighted by atomic mass is 10.1. The molecule has 1 aromatic carbocycles. The Morgan fingerprint density at radius 1 is 1.53 bits per heavy atom. The van der Waals surface area contributed by atoms with E-state index in [9.17, 15) is 13.6 Å². The Morgan fingerprint density at radius 3 is 2.68 bits per heavy atom. The van der Waals surface area contributed by atoms with Crippen molar-refractivity contribution in [2.24, 2.45) is 5.73 Å². The van der Waals surface area contributed by atoms with Gasteiger partial charge >= 0.3 is 0 Å². The first-order chi connectivity index (χ1) is 8.80. The maximum Gasteiger partial charge on any atom is 0.277 e. The van der Waals surface area contributed by atoms with Crippen LogP contribution < -0.4 is 21.5 Å². The van der Waals surface area contributed by atoms with Crippen molar-refractivity contribution in [2.45, 2.75) is 5.92 Å². The predicted octanol–water partition coefficient (Wildman–Crippen LogP) is 1.25. The van der Waals surface area contributed by atoms with Crippen LogP contribution in [0.5, 0.6) is 5.75 Å². The number of hydrogen-bond acceptors (Lipinski definition) is 4. The highest BCUT2D eigenvalue weighted by atomic mass is 35.5. The predicted molar refractivity (Wildman–Crippen MR) is 68.8 cm³/mol. The van der Waals surface area contributed by atoms with Crippen molar-refractivity contribution in [1.29, 1.82) is 0 Å². The summed E-state index contributed by atoms with van der Waals surface area (Å²) in [5.74, 6) is -3.76. The van der Waals surface area contributed by atoms with Crippen molar-refractivity contribution in [3.63, 3.8) is 0 Å². The number of hydrogen-bond donors (Lipinski definition) is 3. The van der Waals surface area contributed by atoms with Crippen LogP contribution in [0.4, 0.5) is 14.5 Å². The van der Waals surface area contributed by atoms with Crippen molar-refractivity contribution in [3.8, 4) is 5.75 Å². The van der Waals surface area contributed by atoms with Crippen molar-refractivity contribution >= 4 is 23.2 Å². The molecule has 5 N–H and O–H groups in total. The molecule has 0 unspecified atom stereocenters. The molecule has 0 saturated heterocycles. The topological polar surface area (TPSA) is 90.4 Å². The molecule has 0 fully saturated rings. The highest BCUT2D eigenvalue weighted by Crippen LogP contribution is 2.28. The molecule has 0 heterocycles. The number of nitrogen functional groups attached to an aromatic ring is 1. The van der Waals surface area contributed by atoms with Crippen molar-refractivity contribution in [3.05, 3.63) is 22.7 Å². The van der Waals surface area contributed by atoms with E-state index in [1.165, 1.54) is 19.2 Å². The largest absolute Gasteiger partial charge is 0.496 e. The highest BCUT2D eigenvalue weighted by molar-refractivity contribution is 6.33. The number of carbonyl (C=O) groups excluding carboxylic acids is 1. The first-order valence-corrected chi connectivity index (χ1v) is 5.67. The Labute approximate surface area is 113 Å². The monoisotopic (exact) mass is 293 g/mol. The Morgan fingerprint density at radius 2 is 2.16 bits per heavy atom. The summed E-state index contributed by atoms with van der Waals surface area (Å²) in [4.78, 5) is 11.8. The molecule has 106 valence electrons. The first kappa shape index (κ1) is 15.5. The zero-order valence-corrected chi connectivity index (χ0v) is 10.9. The molecule has 0 aliphatic rings. The smallest absolute Gasteiger partial charge is 0.277 e. The molecule has 0 bridgehead atoms. The van der Waals surface area contributed by atoms with Crippen LogP contribution >= 0.6 is 11.6 Å². The van der Waals surface area contributed by atoms with Gasteiger partial charge in [0.25, 0.3) is 11.8 Å². The van der Waals surface area contributed by atoms with E-state index < -0.39 is 24.9 Å². The maximum atomic E-state index is 12.9. The summed E-state index contributed by atoms with van der Waals surface area (Å²) in [5.41, 5.74) is 10.7. The van der Waals surface area contributed by atoms with E-state index in [0.717, 1.165) is 0 Å². The number of alkyl halides is 2. The van der Waals surface area contributed by atoms with Gasteiger partial charge in [-0.2, -0.15) is 0 Å². The number of carbonyl (C=O) groups is 1. The van der Waals surface area contributed by atoms with E-state index in [1.54, 1.807) is 0 Å². The molecule has 8 heteroatoms. The third-order valence-corrected chi connectivity index (χ3v) is 2.70. The molecule has 0 saturated carbocycles. The summed E-state index contributed by atoms with van der Waals surface area (Å²) in [6.07, 6.45) is 0. The Hall–Kier alpha value is -1.60. The van der Waals surface area contributed by atoms with E-state index in [0.29, 0.717) is 0 Å². The van der Waals surface area contributed by atoms with Gasteiger partial charge in [-0.3, -0.25) is 4.79 Å². The zero-order valence-electron chi connectivity index (χ0n) is 10.2. The summed E-state index contributed by atoms with van der Waals surface area (Å²) in [5, 5.41) is 2.20. The fraction of sp³-hybridized carbons (Fsp3) is 0.364. The number of benzene rings is 1. The van der Waals surface area contributed by atoms with Gasteiger partial charge in [-0.05, 0) is 6.07 Å². The first-order valence-electron chi connectivity index (χ1n) is 5.30. The van der Waals surface area contributed by atoms with Crippen molar-refractivity contribution in [2.75, 3.05) is 25.9 Å². The average Bonchev–Trinajstić information content (AvgIpc) is 2.38. The zero-order chi connectivity index (χ0) is 14.6. The highest BCUT2D eigenvalue weighted by Gasteiger charge is 2.28. The molecule has 0 aromatic heterocycles. The molecule has 1 amide bonds. The van der Waals surface area contributed by atoms with Crippen LogP contribution in [0.2, 0.25) is 5.02 Å². The number of nitrogens with two attached hydrogens (primary N) is 2. The van der Waals surface area contributed by atoms with Gasteiger partial charge in [0.05, 0.1) is 36.5 Å². The van der Waals surface area contributed by atoms with Crippen LogP contribution in [0.25, 0.3) is 0 Å². The fourth-order valence-electron chi connectivity index (χ4n) is 1.29. The molecule has 0 radical (unpaired) electrons. The van der Waals surface area contributed by atoms with Gasteiger partial charge in [0.1, 0.15) is 5.75 Å². The molecule has 1 rings (SSSR count). The number of ether oxygens (including phenoxy) is 1. The lowest BCUT2D eigenvalue weighted by molar-refractivity contribution is 0.0118. The van der Waals surface area contributed by atoms with Gasteiger partial charge in [0.2, 0.25) is 0 Å². The molecule has 0 atom stereocenters. The third kappa shape index (κ3) is 3.93. The molecule has 0 aliphatic carbocycles. The number of rotatable bonds is 5. The van der Waals surface area contributed by atoms with Gasteiger partial charge < -0.3 is 21.5 Å². The van der Waals surface area contributed by atoms with E-state index in [1.807, 2.05) is 0 Å². The fourth-order valence-corrected chi connectivity index (χ4v) is 1.46. The lowest BCUT2D eigenvalue weighted by Gasteiger charge is -2.16. The normalized spacial score (nSPS) is 11.2. The van der Waals surface area contributed by atoms with Crippen LogP contribution in [-0.4, -0.2) is 32.0 Å². The summed E-state index contributed by atoms with van der Waals surface area (Å²) in [7, 11) is 1.33. The minimum absolute atomic E-state index is 0.0227. The number of methoxy groups -OCH3 is 1. The lowest BCUT2D eigenvalue weighted by Crippen LogP contribution is -2.41. The molecule has 0 aliphatic heterocycles.